The molecule has 1 aliphatic rings. The molecule has 4 heteroatoms. The highest BCUT2D eigenvalue weighted by molar-refractivity contribution is 14.1. The molecule has 0 bridgehead atoms. The number of carbonyl (C=O) groups excluding carboxylic acids is 1. The first-order valence-electron chi connectivity index (χ1n) is 5.82. The Morgan fingerprint density at radius 3 is 2.88 bits per heavy atom. The maximum atomic E-state index is 12.1. The Balaban J connectivity index is 2.06. The molecule has 2 rings (SSSR count). The monoisotopic (exact) mass is 407 g/mol. The average molecular weight is 408 g/mol. The van der Waals surface area contributed by atoms with E-state index in [-0.39, 0.29) is 5.91 Å². The van der Waals surface area contributed by atoms with Crippen LogP contribution < -0.4 is 5.32 Å². The lowest BCUT2D eigenvalue weighted by Gasteiger charge is -2.13. The van der Waals surface area contributed by atoms with Crippen molar-refractivity contribution in [2.75, 3.05) is 0 Å². The van der Waals surface area contributed by atoms with Crippen LogP contribution in [0.4, 0.5) is 0 Å². The first-order valence-corrected chi connectivity index (χ1v) is 7.69. The zero-order valence-electron chi connectivity index (χ0n) is 9.67. The van der Waals surface area contributed by atoms with Crippen molar-refractivity contribution in [1.29, 1.82) is 0 Å². The van der Waals surface area contributed by atoms with Crippen LogP contribution in [-0.2, 0) is 0 Å². The Kier molecular flexibility index (Phi) is 4.47. The highest BCUT2D eigenvalue weighted by Crippen LogP contribution is 2.26. The van der Waals surface area contributed by atoms with Gasteiger partial charge >= 0.3 is 0 Å². The summed E-state index contributed by atoms with van der Waals surface area (Å²) < 4.78 is 1.94. The second-order valence-corrected chi connectivity index (χ2v) is 6.81. The van der Waals surface area contributed by atoms with Gasteiger partial charge in [-0.3, -0.25) is 4.79 Å². The van der Waals surface area contributed by atoms with Crippen molar-refractivity contribution in [2.24, 2.45) is 5.92 Å². The predicted molar refractivity (Wildman–Crippen MR) is 81.1 cm³/mol. The molecule has 92 valence electrons. The Hall–Kier alpha value is -0.100. The standard InChI is InChI=1S/C13H15BrINO/c1-8-2-4-10(6-8)16-13(17)11-7-9(15)3-5-12(11)14/h3,5,7-8,10H,2,4,6H2,1H3,(H,16,17). The van der Waals surface area contributed by atoms with Gasteiger partial charge in [0.25, 0.3) is 5.91 Å². The number of hydrogen-bond donors (Lipinski definition) is 1. The third-order valence-electron chi connectivity index (χ3n) is 3.20. The minimum absolute atomic E-state index is 0.0366. The average Bonchev–Trinajstić information content (AvgIpc) is 2.67. The van der Waals surface area contributed by atoms with Crippen LogP contribution >= 0.6 is 38.5 Å². The molecule has 2 unspecified atom stereocenters. The van der Waals surface area contributed by atoms with Crippen LogP contribution in [0.2, 0.25) is 0 Å². The molecule has 1 N–H and O–H groups in total. The van der Waals surface area contributed by atoms with E-state index in [9.17, 15) is 4.79 Å². The third-order valence-corrected chi connectivity index (χ3v) is 4.57. The molecule has 1 amide bonds. The van der Waals surface area contributed by atoms with Gasteiger partial charge in [0.1, 0.15) is 0 Å². The van der Waals surface area contributed by atoms with Crippen LogP contribution in [0.5, 0.6) is 0 Å². The lowest BCUT2D eigenvalue weighted by Crippen LogP contribution is -2.33. The molecule has 0 radical (unpaired) electrons. The molecule has 0 heterocycles. The largest absolute Gasteiger partial charge is 0.349 e. The SMILES string of the molecule is CC1CCC(NC(=O)c2cc(I)ccc2Br)C1. The molecule has 1 aromatic carbocycles. The summed E-state index contributed by atoms with van der Waals surface area (Å²) in [6, 6.07) is 6.17. The molecule has 0 saturated heterocycles. The van der Waals surface area contributed by atoms with E-state index >= 15 is 0 Å². The van der Waals surface area contributed by atoms with E-state index in [1.165, 1.54) is 6.42 Å². The minimum Gasteiger partial charge on any atom is -0.349 e. The summed E-state index contributed by atoms with van der Waals surface area (Å²) >= 11 is 5.65. The Morgan fingerprint density at radius 1 is 1.47 bits per heavy atom. The summed E-state index contributed by atoms with van der Waals surface area (Å²) in [7, 11) is 0. The Morgan fingerprint density at radius 2 is 2.24 bits per heavy atom. The van der Waals surface area contributed by atoms with Gasteiger partial charge in [0, 0.05) is 14.1 Å². The number of rotatable bonds is 2. The Labute approximate surface area is 124 Å². The third kappa shape index (κ3) is 3.44. The normalized spacial score (nSPS) is 23.7. The van der Waals surface area contributed by atoms with Gasteiger partial charge in [-0.1, -0.05) is 6.92 Å². The molecule has 2 atom stereocenters. The van der Waals surface area contributed by atoms with E-state index in [2.05, 4.69) is 50.8 Å². The van der Waals surface area contributed by atoms with Crippen LogP contribution in [0, 0.1) is 9.49 Å². The van der Waals surface area contributed by atoms with E-state index in [1.807, 2.05) is 18.2 Å². The zero-order chi connectivity index (χ0) is 12.4. The van der Waals surface area contributed by atoms with Gasteiger partial charge in [-0.15, -0.1) is 0 Å². The fraction of sp³-hybridized carbons (Fsp3) is 0.462. The van der Waals surface area contributed by atoms with Crippen LogP contribution in [0.15, 0.2) is 22.7 Å². The number of nitrogens with one attached hydrogen (secondary N) is 1. The van der Waals surface area contributed by atoms with Crippen LogP contribution in [-0.4, -0.2) is 11.9 Å². The molecule has 1 saturated carbocycles. The predicted octanol–water partition coefficient (Wildman–Crippen LogP) is 3.97. The number of carbonyl (C=O) groups is 1. The van der Waals surface area contributed by atoms with Gasteiger partial charge in [0.05, 0.1) is 5.56 Å². The number of amides is 1. The lowest BCUT2D eigenvalue weighted by molar-refractivity contribution is 0.0936. The molecule has 1 fully saturated rings. The number of hydrogen-bond acceptors (Lipinski definition) is 1. The van der Waals surface area contributed by atoms with E-state index in [4.69, 9.17) is 0 Å². The summed E-state index contributed by atoms with van der Waals surface area (Å²) in [6.45, 7) is 2.24. The fourth-order valence-corrected chi connectivity index (χ4v) is 3.19. The molecule has 0 aliphatic heterocycles. The summed E-state index contributed by atoms with van der Waals surface area (Å²) in [6.07, 6.45) is 3.43. The molecule has 0 spiro atoms. The van der Waals surface area contributed by atoms with Crippen molar-refractivity contribution in [1.82, 2.24) is 5.32 Å². The fourth-order valence-electron chi connectivity index (χ4n) is 2.27. The second kappa shape index (κ2) is 5.69. The first-order chi connectivity index (χ1) is 8.06. The second-order valence-electron chi connectivity index (χ2n) is 4.71. The van der Waals surface area contributed by atoms with Crippen molar-refractivity contribution >= 4 is 44.4 Å². The van der Waals surface area contributed by atoms with Gasteiger partial charge in [0.15, 0.2) is 0 Å². The van der Waals surface area contributed by atoms with Crippen molar-refractivity contribution in [2.45, 2.75) is 32.2 Å². The molecule has 1 aliphatic carbocycles. The van der Waals surface area contributed by atoms with Crippen LogP contribution in [0.3, 0.4) is 0 Å². The van der Waals surface area contributed by atoms with Gasteiger partial charge < -0.3 is 5.32 Å². The number of halogens is 2. The molecular weight excluding hydrogens is 393 g/mol. The number of benzene rings is 1. The molecule has 0 aromatic heterocycles. The Bertz CT molecular complexity index is 435. The summed E-state index contributed by atoms with van der Waals surface area (Å²) in [5.41, 5.74) is 0.733. The molecule has 17 heavy (non-hydrogen) atoms. The van der Waals surface area contributed by atoms with Crippen LogP contribution in [0.1, 0.15) is 36.5 Å². The van der Waals surface area contributed by atoms with E-state index in [0.717, 1.165) is 32.4 Å². The van der Waals surface area contributed by atoms with Gasteiger partial charge in [-0.2, -0.15) is 0 Å². The zero-order valence-corrected chi connectivity index (χ0v) is 13.4. The van der Waals surface area contributed by atoms with Crippen molar-refractivity contribution in [3.8, 4) is 0 Å². The molecular formula is C13H15BrINO. The summed E-state index contributed by atoms with van der Waals surface area (Å²) in [4.78, 5) is 12.1. The lowest BCUT2D eigenvalue weighted by atomic mass is 10.1. The van der Waals surface area contributed by atoms with Gasteiger partial charge in [-0.25, -0.2) is 0 Å². The topological polar surface area (TPSA) is 29.1 Å². The quantitative estimate of drug-likeness (QED) is 0.738. The summed E-state index contributed by atoms with van der Waals surface area (Å²) in [5, 5.41) is 3.12. The maximum absolute atomic E-state index is 12.1. The summed E-state index contributed by atoms with van der Waals surface area (Å²) in [5.74, 6) is 0.772. The van der Waals surface area contributed by atoms with E-state index < -0.39 is 0 Å². The maximum Gasteiger partial charge on any atom is 0.252 e. The van der Waals surface area contributed by atoms with E-state index in [1.54, 1.807) is 0 Å². The van der Waals surface area contributed by atoms with E-state index in [0.29, 0.717) is 6.04 Å². The van der Waals surface area contributed by atoms with Crippen molar-refractivity contribution < 1.29 is 4.79 Å². The van der Waals surface area contributed by atoms with Gasteiger partial charge in [-0.05, 0) is 81.9 Å². The minimum atomic E-state index is 0.0366. The van der Waals surface area contributed by atoms with Crippen molar-refractivity contribution in [3.63, 3.8) is 0 Å². The van der Waals surface area contributed by atoms with Gasteiger partial charge in [0.2, 0.25) is 0 Å². The molecule has 2 nitrogen and oxygen atoms in total. The van der Waals surface area contributed by atoms with Crippen LogP contribution in [0.25, 0.3) is 0 Å². The highest BCUT2D eigenvalue weighted by atomic mass is 127. The van der Waals surface area contributed by atoms with Crippen molar-refractivity contribution in [3.05, 3.63) is 31.8 Å². The molecule has 1 aromatic rings. The highest BCUT2D eigenvalue weighted by Gasteiger charge is 2.23. The smallest absolute Gasteiger partial charge is 0.252 e. The first kappa shape index (κ1) is 13.3.